The first-order valence-corrected chi connectivity index (χ1v) is 11.0. The smallest absolute Gasteiger partial charge is 0.276 e. The molecule has 0 fully saturated rings. The van der Waals surface area contributed by atoms with Crippen LogP contribution in [0.15, 0.2) is 89.8 Å². The molecule has 0 atom stereocenters. The summed E-state index contributed by atoms with van der Waals surface area (Å²) in [5.41, 5.74) is 3.48. The van der Waals surface area contributed by atoms with Gasteiger partial charge in [-0.1, -0.05) is 54.6 Å². The van der Waals surface area contributed by atoms with Gasteiger partial charge in [-0.15, -0.1) is 22.7 Å². The molecular formula is C23H17N3OS2. The Morgan fingerprint density at radius 2 is 1.69 bits per heavy atom. The minimum Gasteiger partial charge on any atom is -0.303 e. The van der Waals surface area contributed by atoms with Crippen LogP contribution in [0.5, 0.6) is 0 Å². The molecule has 4 nitrogen and oxygen atoms in total. The first-order valence-electron chi connectivity index (χ1n) is 9.21. The number of carbonyl (C=O) groups is 1. The summed E-state index contributed by atoms with van der Waals surface area (Å²) < 4.78 is 1.91. The number of aromatic nitrogens is 2. The van der Waals surface area contributed by atoms with Gasteiger partial charge >= 0.3 is 0 Å². The number of hydrogen-bond donors (Lipinski definition) is 0. The Labute approximate surface area is 176 Å². The second-order valence-electron chi connectivity index (χ2n) is 6.59. The molecule has 29 heavy (non-hydrogen) atoms. The van der Waals surface area contributed by atoms with Crippen LogP contribution in [0.2, 0.25) is 0 Å². The van der Waals surface area contributed by atoms with E-state index in [1.807, 2.05) is 99.1 Å². The minimum absolute atomic E-state index is 0.0403. The van der Waals surface area contributed by atoms with Gasteiger partial charge in [0.05, 0.1) is 11.4 Å². The van der Waals surface area contributed by atoms with Gasteiger partial charge in [-0.3, -0.25) is 9.20 Å². The number of para-hydroxylation sites is 1. The molecule has 5 rings (SSSR count). The molecule has 0 saturated heterocycles. The topological polar surface area (TPSA) is 37.6 Å². The van der Waals surface area contributed by atoms with E-state index in [1.165, 1.54) is 11.3 Å². The number of carbonyl (C=O) groups excluding carboxylic acids is 1. The fourth-order valence-electron chi connectivity index (χ4n) is 3.27. The number of amides is 1. The van der Waals surface area contributed by atoms with Gasteiger partial charge in [0, 0.05) is 17.3 Å². The maximum atomic E-state index is 13.6. The SMILES string of the molecule is O=C(c1csc2nc(-c3cccs3)cn12)N(Cc1ccccc1)c1ccccc1. The van der Waals surface area contributed by atoms with Crippen molar-refractivity contribution >= 4 is 39.2 Å². The Balaban J connectivity index is 1.55. The third kappa shape index (κ3) is 3.48. The van der Waals surface area contributed by atoms with Crippen LogP contribution >= 0.6 is 22.7 Å². The molecule has 0 radical (unpaired) electrons. The van der Waals surface area contributed by atoms with Crippen molar-refractivity contribution in [2.24, 2.45) is 0 Å². The van der Waals surface area contributed by atoms with Crippen molar-refractivity contribution in [1.29, 1.82) is 0 Å². The highest BCUT2D eigenvalue weighted by atomic mass is 32.1. The van der Waals surface area contributed by atoms with E-state index in [0.29, 0.717) is 12.2 Å². The van der Waals surface area contributed by atoms with Crippen LogP contribution in [-0.4, -0.2) is 15.3 Å². The number of benzene rings is 2. The number of thiophene rings is 1. The van der Waals surface area contributed by atoms with Crippen molar-refractivity contribution in [3.8, 4) is 10.6 Å². The maximum absolute atomic E-state index is 13.6. The summed E-state index contributed by atoms with van der Waals surface area (Å²) in [6.45, 7) is 0.507. The summed E-state index contributed by atoms with van der Waals surface area (Å²) in [6.07, 6.45) is 1.95. The molecule has 0 aliphatic rings. The van der Waals surface area contributed by atoms with Gasteiger partial charge in [0.2, 0.25) is 0 Å². The van der Waals surface area contributed by atoms with Crippen molar-refractivity contribution in [3.63, 3.8) is 0 Å². The van der Waals surface area contributed by atoms with Crippen LogP contribution in [0, 0.1) is 0 Å². The average molecular weight is 416 g/mol. The van der Waals surface area contributed by atoms with E-state index in [2.05, 4.69) is 0 Å². The van der Waals surface area contributed by atoms with Crippen LogP contribution in [0.25, 0.3) is 15.5 Å². The van der Waals surface area contributed by atoms with Crippen molar-refractivity contribution in [3.05, 3.63) is 101 Å². The standard InChI is InChI=1S/C23H17N3OS2/c27-22(20-16-29-23-24-19(15-26(20)23)21-12-7-13-28-21)25(18-10-5-2-6-11-18)14-17-8-3-1-4-9-17/h1-13,15-16H,14H2. The van der Waals surface area contributed by atoms with Gasteiger partial charge in [0.25, 0.3) is 5.91 Å². The average Bonchev–Trinajstić information content (AvgIpc) is 3.49. The monoisotopic (exact) mass is 415 g/mol. The van der Waals surface area contributed by atoms with E-state index >= 15 is 0 Å². The molecule has 0 N–H and O–H groups in total. The zero-order chi connectivity index (χ0) is 19.6. The molecule has 5 aromatic rings. The summed E-state index contributed by atoms with van der Waals surface area (Å²) in [5, 5.41) is 3.93. The zero-order valence-corrected chi connectivity index (χ0v) is 17.1. The molecule has 6 heteroatoms. The number of hydrogen-bond acceptors (Lipinski definition) is 4. The van der Waals surface area contributed by atoms with Crippen LogP contribution in [-0.2, 0) is 6.54 Å². The van der Waals surface area contributed by atoms with Crippen LogP contribution in [0.1, 0.15) is 16.1 Å². The lowest BCUT2D eigenvalue weighted by molar-refractivity contribution is 0.0979. The summed E-state index contributed by atoms with van der Waals surface area (Å²) in [4.78, 5) is 22.0. The third-order valence-electron chi connectivity index (χ3n) is 4.70. The second-order valence-corrected chi connectivity index (χ2v) is 8.37. The first kappa shape index (κ1) is 17.8. The number of thiazole rings is 1. The van der Waals surface area contributed by atoms with Crippen LogP contribution in [0.4, 0.5) is 5.69 Å². The van der Waals surface area contributed by atoms with Gasteiger partial charge in [0.15, 0.2) is 4.96 Å². The van der Waals surface area contributed by atoms with Gasteiger partial charge in [0.1, 0.15) is 11.4 Å². The van der Waals surface area contributed by atoms with Crippen molar-refractivity contribution < 1.29 is 4.79 Å². The van der Waals surface area contributed by atoms with Gasteiger partial charge in [-0.05, 0) is 29.1 Å². The molecule has 0 spiro atoms. The summed E-state index contributed by atoms with van der Waals surface area (Å²) in [5.74, 6) is -0.0403. The van der Waals surface area contributed by atoms with E-state index in [1.54, 1.807) is 11.3 Å². The number of nitrogens with zero attached hydrogens (tertiary/aromatic N) is 3. The molecule has 1 amide bonds. The van der Waals surface area contributed by atoms with Crippen molar-refractivity contribution in [2.45, 2.75) is 6.54 Å². The normalized spacial score (nSPS) is 11.0. The Kier molecular flexibility index (Phi) is 4.71. The Hall–Kier alpha value is -3.22. The van der Waals surface area contributed by atoms with E-state index < -0.39 is 0 Å². The third-order valence-corrected chi connectivity index (χ3v) is 6.43. The Bertz CT molecular complexity index is 1240. The van der Waals surface area contributed by atoms with Crippen molar-refractivity contribution in [2.75, 3.05) is 4.90 Å². The predicted octanol–water partition coefficient (Wildman–Crippen LogP) is 5.97. The largest absolute Gasteiger partial charge is 0.303 e. The lowest BCUT2D eigenvalue weighted by atomic mass is 10.2. The predicted molar refractivity (Wildman–Crippen MR) is 120 cm³/mol. The minimum atomic E-state index is -0.0403. The number of fused-ring (bicyclic) bond motifs is 1. The molecule has 0 aliphatic carbocycles. The quantitative estimate of drug-likeness (QED) is 0.355. The summed E-state index contributed by atoms with van der Waals surface area (Å²) in [6, 6.07) is 23.9. The fraction of sp³-hybridized carbons (Fsp3) is 0.0435. The fourth-order valence-corrected chi connectivity index (χ4v) is 4.80. The summed E-state index contributed by atoms with van der Waals surface area (Å²) >= 11 is 3.14. The highest BCUT2D eigenvalue weighted by molar-refractivity contribution is 7.15. The van der Waals surface area contributed by atoms with Gasteiger partial charge in [-0.2, -0.15) is 0 Å². The molecule has 2 aromatic carbocycles. The van der Waals surface area contributed by atoms with E-state index in [-0.39, 0.29) is 5.91 Å². The molecule has 3 aromatic heterocycles. The van der Waals surface area contributed by atoms with E-state index in [9.17, 15) is 4.79 Å². The van der Waals surface area contributed by atoms with E-state index in [4.69, 9.17) is 4.98 Å². The number of anilines is 1. The van der Waals surface area contributed by atoms with Gasteiger partial charge in [-0.25, -0.2) is 4.98 Å². The van der Waals surface area contributed by atoms with Crippen LogP contribution in [0.3, 0.4) is 0 Å². The number of rotatable bonds is 5. The van der Waals surface area contributed by atoms with Crippen LogP contribution < -0.4 is 4.90 Å². The molecule has 0 aliphatic heterocycles. The van der Waals surface area contributed by atoms with Crippen molar-refractivity contribution in [1.82, 2.24) is 9.38 Å². The molecule has 0 bridgehead atoms. The lowest BCUT2D eigenvalue weighted by Gasteiger charge is -2.22. The summed E-state index contributed by atoms with van der Waals surface area (Å²) in [7, 11) is 0. The number of imidazole rings is 1. The van der Waals surface area contributed by atoms with Gasteiger partial charge < -0.3 is 4.90 Å². The molecule has 0 unspecified atom stereocenters. The molecule has 0 saturated carbocycles. The molecular weight excluding hydrogens is 398 g/mol. The maximum Gasteiger partial charge on any atom is 0.276 e. The molecule has 142 valence electrons. The Morgan fingerprint density at radius 1 is 0.931 bits per heavy atom. The highest BCUT2D eigenvalue weighted by Gasteiger charge is 2.22. The first-order chi connectivity index (χ1) is 14.3. The lowest BCUT2D eigenvalue weighted by Crippen LogP contribution is -2.31. The Morgan fingerprint density at radius 3 is 2.41 bits per heavy atom. The second kappa shape index (κ2) is 7.66. The highest BCUT2D eigenvalue weighted by Crippen LogP contribution is 2.28. The zero-order valence-electron chi connectivity index (χ0n) is 15.4. The van der Waals surface area contributed by atoms with E-state index in [0.717, 1.165) is 26.8 Å². The molecule has 3 heterocycles.